The highest BCUT2D eigenvalue weighted by atomic mass is 15.1. The summed E-state index contributed by atoms with van der Waals surface area (Å²) in [7, 11) is 0. The van der Waals surface area contributed by atoms with E-state index in [-0.39, 0.29) is 0 Å². The summed E-state index contributed by atoms with van der Waals surface area (Å²) in [6.45, 7) is 10.6. The number of hydrogen-bond donors (Lipinski definition) is 1. The molecule has 1 aliphatic heterocycles. The summed E-state index contributed by atoms with van der Waals surface area (Å²) in [5, 5.41) is 0. The van der Waals surface area contributed by atoms with Gasteiger partial charge in [0.15, 0.2) is 0 Å². The predicted molar refractivity (Wildman–Crippen MR) is 57.7 cm³/mol. The SMILES string of the molecule is CCC(N)CCN1CCC(C)(C)C1. The molecule has 1 saturated heterocycles. The molecule has 1 heterocycles. The van der Waals surface area contributed by atoms with E-state index in [4.69, 9.17) is 5.73 Å². The van der Waals surface area contributed by atoms with Gasteiger partial charge in [0.05, 0.1) is 0 Å². The maximum Gasteiger partial charge on any atom is 0.00483 e. The zero-order valence-electron chi connectivity index (χ0n) is 9.34. The zero-order chi connectivity index (χ0) is 9.90. The summed E-state index contributed by atoms with van der Waals surface area (Å²) in [4.78, 5) is 2.55. The number of hydrogen-bond acceptors (Lipinski definition) is 2. The molecular weight excluding hydrogens is 160 g/mol. The molecule has 0 amide bonds. The standard InChI is InChI=1S/C11H24N2/c1-4-10(12)5-7-13-8-6-11(2,3)9-13/h10H,4-9,12H2,1-3H3. The minimum Gasteiger partial charge on any atom is -0.328 e. The molecule has 1 fully saturated rings. The fourth-order valence-corrected chi connectivity index (χ4v) is 1.97. The van der Waals surface area contributed by atoms with E-state index in [1.165, 1.54) is 26.1 Å². The van der Waals surface area contributed by atoms with Crippen LogP contribution >= 0.6 is 0 Å². The molecule has 2 N–H and O–H groups in total. The fourth-order valence-electron chi connectivity index (χ4n) is 1.97. The van der Waals surface area contributed by atoms with Crippen LogP contribution in [0.4, 0.5) is 0 Å². The normalized spacial score (nSPS) is 24.9. The van der Waals surface area contributed by atoms with Crippen LogP contribution in [0.2, 0.25) is 0 Å². The molecule has 0 aromatic heterocycles. The molecule has 0 aliphatic carbocycles. The second kappa shape index (κ2) is 4.43. The highest BCUT2D eigenvalue weighted by molar-refractivity contribution is 4.82. The lowest BCUT2D eigenvalue weighted by Crippen LogP contribution is -2.29. The van der Waals surface area contributed by atoms with Crippen LogP contribution in [0.15, 0.2) is 0 Å². The van der Waals surface area contributed by atoms with E-state index >= 15 is 0 Å². The van der Waals surface area contributed by atoms with Crippen LogP contribution in [0.5, 0.6) is 0 Å². The van der Waals surface area contributed by atoms with Gasteiger partial charge in [-0.3, -0.25) is 0 Å². The Balaban J connectivity index is 2.17. The van der Waals surface area contributed by atoms with E-state index in [0.29, 0.717) is 11.5 Å². The molecule has 2 nitrogen and oxygen atoms in total. The molecule has 2 heteroatoms. The lowest BCUT2D eigenvalue weighted by Gasteiger charge is -2.20. The van der Waals surface area contributed by atoms with Gasteiger partial charge in [0.25, 0.3) is 0 Å². The summed E-state index contributed by atoms with van der Waals surface area (Å²) < 4.78 is 0. The molecule has 0 bridgehead atoms. The van der Waals surface area contributed by atoms with Gasteiger partial charge in [0, 0.05) is 12.6 Å². The van der Waals surface area contributed by atoms with Crippen molar-refractivity contribution in [1.29, 1.82) is 0 Å². The van der Waals surface area contributed by atoms with Crippen LogP contribution in [0.1, 0.15) is 40.0 Å². The first-order valence-electron chi connectivity index (χ1n) is 5.51. The van der Waals surface area contributed by atoms with Crippen molar-refractivity contribution in [3.63, 3.8) is 0 Å². The molecule has 0 spiro atoms. The monoisotopic (exact) mass is 184 g/mol. The molecule has 1 aliphatic rings. The van der Waals surface area contributed by atoms with Crippen molar-refractivity contribution in [2.24, 2.45) is 11.1 Å². The van der Waals surface area contributed by atoms with Crippen molar-refractivity contribution in [1.82, 2.24) is 4.90 Å². The summed E-state index contributed by atoms with van der Waals surface area (Å²) in [6.07, 6.45) is 3.61. The van der Waals surface area contributed by atoms with Gasteiger partial charge in [-0.25, -0.2) is 0 Å². The van der Waals surface area contributed by atoms with Crippen LogP contribution in [-0.2, 0) is 0 Å². The summed E-state index contributed by atoms with van der Waals surface area (Å²) >= 11 is 0. The van der Waals surface area contributed by atoms with E-state index in [9.17, 15) is 0 Å². The quantitative estimate of drug-likeness (QED) is 0.722. The average Bonchev–Trinajstić information content (AvgIpc) is 2.41. The Labute approximate surface area is 82.5 Å². The second-order valence-corrected chi connectivity index (χ2v) is 5.15. The van der Waals surface area contributed by atoms with Gasteiger partial charge in [-0.15, -0.1) is 0 Å². The Morgan fingerprint density at radius 1 is 1.46 bits per heavy atom. The van der Waals surface area contributed by atoms with E-state index in [2.05, 4.69) is 25.7 Å². The van der Waals surface area contributed by atoms with Crippen molar-refractivity contribution in [3.8, 4) is 0 Å². The number of nitrogens with zero attached hydrogens (tertiary/aromatic N) is 1. The lowest BCUT2D eigenvalue weighted by molar-refractivity contribution is 0.280. The van der Waals surface area contributed by atoms with E-state index in [1.54, 1.807) is 0 Å². The molecule has 1 rings (SSSR count). The van der Waals surface area contributed by atoms with Crippen LogP contribution in [-0.4, -0.2) is 30.6 Å². The van der Waals surface area contributed by atoms with Crippen molar-refractivity contribution in [3.05, 3.63) is 0 Å². The van der Waals surface area contributed by atoms with Gasteiger partial charge in [0.1, 0.15) is 0 Å². The highest BCUT2D eigenvalue weighted by Gasteiger charge is 2.28. The summed E-state index contributed by atoms with van der Waals surface area (Å²) in [5.74, 6) is 0. The minimum atomic E-state index is 0.406. The van der Waals surface area contributed by atoms with Gasteiger partial charge in [-0.05, 0) is 37.8 Å². The molecule has 0 aromatic rings. The third-order valence-corrected chi connectivity index (χ3v) is 3.10. The Kier molecular flexibility index (Phi) is 3.74. The molecule has 1 atom stereocenters. The first kappa shape index (κ1) is 11.0. The molecule has 0 aromatic carbocycles. The molecule has 1 unspecified atom stereocenters. The van der Waals surface area contributed by atoms with E-state index in [0.717, 1.165) is 12.8 Å². The Morgan fingerprint density at radius 3 is 2.62 bits per heavy atom. The first-order valence-corrected chi connectivity index (χ1v) is 5.51. The zero-order valence-corrected chi connectivity index (χ0v) is 9.34. The second-order valence-electron chi connectivity index (χ2n) is 5.15. The predicted octanol–water partition coefficient (Wildman–Crippen LogP) is 1.85. The summed E-state index contributed by atoms with van der Waals surface area (Å²) in [6, 6.07) is 0.406. The highest BCUT2D eigenvalue weighted by Crippen LogP contribution is 2.28. The molecule has 13 heavy (non-hydrogen) atoms. The number of likely N-dealkylation sites (tertiary alicyclic amines) is 1. The number of rotatable bonds is 4. The molecule has 0 radical (unpaired) electrons. The largest absolute Gasteiger partial charge is 0.328 e. The third kappa shape index (κ3) is 3.65. The van der Waals surface area contributed by atoms with Crippen LogP contribution in [0, 0.1) is 5.41 Å². The van der Waals surface area contributed by atoms with Crippen molar-refractivity contribution in [2.75, 3.05) is 19.6 Å². The van der Waals surface area contributed by atoms with E-state index in [1.807, 2.05) is 0 Å². The number of nitrogens with two attached hydrogens (primary N) is 1. The van der Waals surface area contributed by atoms with Crippen molar-refractivity contribution >= 4 is 0 Å². The Hall–Kier alpha value is -0.0800. The van der Waals surface area contributed by atoms with Crippen molar-refractivity contribution < 1.29 is 0 Å². The van der Waals surface area contributed by atoms with Gasteiger partial charge in [-0.2, -0.15) is 0 Å². The Morgan fingerprint density at radius 2 is 2.15 bits per heavy atom. The molecule has 78 valence electrons. The minimum absolute atomic E-state index is 0.406. The maximum atomic E-state index is 5.89. The smallest absolute Gasteiger partial charge is 0.00483 e. The third-order valence-electron chi connectivity index (χ3n) is 3.10. The van der Waals surface area contributed by atoms with Crippen LogP contribution in [0.3, 0.4) is 0 Å². The molecular formula is C11H24N2. The topological polar surface area (TPSA) is 29.3 Å². The van der Waals surface area contributed by atoms with Crippen LogP contribution in [0.25, 0.3) is 0 Å². The van der Waals surface area contributed by atoms with Gasteiger partial charge >= 0.3 is 0 Å². The first-order chi connectivity index (χ1) is 6.03. The van der Waals surface area contributed by atoms with Crippen molar-refractivity contribution in [2.45, 2.75) is 46.1 Å². The van der Waals surface area contributed by atoms with Crippen LogP contribution < -0.4 is 5.73 Å². The lowest BCUT2D eigenvalue weighted by atomic mass is 9.93. The summed E-state index contributed by atoms with van der Waals surface area (Å²) in [5.41, 5.74) is 6.43. The average molecular weight is 184 g/mol. The maximum absolute atomic E-state index is 5.89. The molecule has 0 saturated carbocycles. The van der Waals surface area contributed by atoms with Gasteiger partial charge in [0.2, 0.25) is 0 Å². The Bertz CT molecular complexity index is 154. The fraction of sp³-hybridized carbons (Fsp3) is 1.00. The van der Waals surface area contributed by atoms with Gasteiger partial charge in [-0.1, -0.05) is 20.8 Å². The van der Waals surface area contributed by atoms with Gasteiger partial charge < -0.3 is 10.6 Å². The van der Waals surface area contributed by atoms with E-state index < -0.39 is 0 Å².